The van der Waals surface area contributed by atoms with Crippen LogP contribution in [0.4, 0.5) is 0 Å². The molecule has 1 aromatic rings. The highest BCUT2D eigenvalue weighted by Crippen LogP contribution is 2.28. The van der Waals surface area contributed by atoms with Gasteiger partial charge in [0.05, 0.1) is 17.5 Å². The van der Waals surface area contributed by atoms with Crippen molar-refractivity contribution in [1.82, 2.24) is 10.2 Å². The monoisotopic (exact) mass is 518 g/mol. The van der Waals surface area contributed by atoms with E-state index in [-0.39, 0.29) is 24.8 Å². The lowest BCUT2D eigenvalue weighted by Crippen LogP contribution is -2.58. The molecule has 1 saturated heterocycles. The molecule has 0 aliphatic carbocycles. The third kappa shape index (κ3) is 6.77. The number of hydrogen-bond donors (Lipinski definition) is 1. The zero-order chi connectivity index (χ0) is 20.7. The van der Waals surface area contributed by atoms with Gasteiger partial charge in [-0.1, -0.05) is 29.8 Å². The summed E-state index contributed by atoms with van der Waals surface area (Å²) >= 11 is 6.73. The number of halogens is 2. The SMILES string of the molecule is CC(C)CCOC(=O)CC1C(=O)NCCN1C(=O)COc1ccc(Br)cc1Br. The average molecular weight is 520 g/mol. The Hall–Kier alpha value is -1.61. The Morgan fingerprint density at radius 3 is 2.75 bits per heavy atom. The van der Waals surface area contributed by atoms with E-state index >= 15 is 0 Å². The van der Waals surface area contributed by atoms with Gasteiger partial charge in [0, 0.05) is 17.6 Å². The van der Waals surface area contributed by atoms with E-state index in [2.05, 4.69) is 37.2 Å². The van der Waals surface area contributed by atoms with Gasteiger partial charge in [0.2, 0.25) is 5.91 Å². The Morgan fingerprint density at radius 1 is 1.32 bits per heavy atom. The van der Waals surface area contributed by atoms with E-state index in [0.29, 0.717) is 35.8 Å². The van der Waals surface area contributed by atoms with Crippen LogP contribution in [0.2, 0.25) is 0 Å². The first kappa shape index (κ1) is 22.7. The predicted molar refractivity (Wildman–Crippen MR) is 111 cm³/mol. The zero-order valence-corrected chi connectivity index (χ0v) is 19.0. The number of nitrogens with zero attached hydrogens (tertiary/aromatic N) is 1. The summed E-state index contributed by atoms with van der Waals surface area (Å²) in [6.45, 7) is 4.80. The topological polar surface area (TPSA) is 84.9 Å². The van der Waals surface area contributed by atoms with Crippen LogP contribution in [-0.2, 0) is 19.1 Å². The number of piperazine rings is 1. The molecular weight excluding hydrogens is 496 g/mol. The first-order valence-electron chi connectivity index (χ1n) is 9.08. The molecule has 9 heteroatoms. The maximum absolute atomic E-state index is 12.6. The fourth-order valence-corrected chi connectivity index (χ4v) is 3.82. The number of esters is 1. The summed E-state index contributed by atoms with van der Waals surface area (Å²) in [7, 11) is 0. The lowest BCUT2D eigenvalue weighted by atomic mass is 10.1. The zero-order valence-electron chi connectivity index (χ0n) is 15.9. The predicted octanol–water partition coefficient (Wildman–Crippen LogP) is 2.90. The molecule has 1 unspecified atom stereocenters. The summed E-state index contributed by atoms with van der Waals surface area (Å²) in [5.41, 5.74) is 0. The van der Waals surface area contributed by atoms with Crippen LogP contribution in [0.1, 0.15) is 26.7 Å². The molecule has 0 aromatic heterocycles. The van der Waals surface area contributed by atoms with Gasteiger partial charge in [-0.3, -0.25) is 14.4 Å². The molecule has 0 bridgehead atoms. The van der Waals surface area contributed by atoms with Crippen molar-refractivity contribution in [3.8, 4) is 5.75 Å². The normalized spacial score (nSPS) is 16.7. The Bertz CT molecular complexity index is 726. The molecule has 1 aliphatic rings. The van der Waals surface area contributed by atoms with Crippen molar-refractivity contribution in [2.45, 2.75) is 32.7 Å². The maximum atomic E-state index is 12.6. The molecule has 28 heavy (non-hydrogen) atoms. The highest BCUT2D eigenvalue weighted by atomic mass is 79.9. The summed E-state index contributed by atoms with van der Waals surface area (Å²) in [5, 5.41) is 2.69. The summed E-state index contributed by atoms with van der Waals surface area (Å²) in [4.78, 5) is 38.3. The van der Waals surface area contributed by atoms with Crippen LogP contribution in [0.25, 0.3) is 0 Å². The molecule has 154 valence electrons. The largest absolute Gasteiger partial charge is 0.483 e. The van der Waals surface area contributed by atoms with Gasteiger partial charge in [0.25, 0.3) is 5.91 Å². The van der Waals surface area contributed by atoms with Gasteiger partial charge in [-0.25, -0.2) is 0 Å². The van der Waals surface area contributed by atoms with Crippen molar-refractivity contribution in [3.05, 3.63) is 27.1 Å². The maximum Gasteiger partial charge on any atom is 0.308 e. The van der Waals surface area contributed by atoms with Gasteiger partial charge in [0.15, 0.2) is 6.61 Å². The van der Waals surface area contributed by atoms with Crippen molar-refractivity contribution in [2.75, 3.05) is 26.3 Å². The molecular formula is C19H24Br2N2O5. The van der Waals surface area contributed by atoms with Crippen LogP contribution in [0.15, 0.2) is 27.1 Å². The fraction of sp³-hybridized carbons (Fsp3) is 0.526. The Labute approximate surface area is 181 Å². The summed E-state index contributed by atoms with van der Waals surface area (Å²) in [6.07, 6.45) is 0.582. The van der Waals surface area contributed by atoms with Crippen LogP contribution < -0.4 is 10.1 Å². The Balaban J connectivity index is 1.95. The molecule has 0 radical (unpaired) electrons. The number of benzene rings is 1. The van der Waals surface area contributed by atoms with Crippen molar-refractivity contribution in [1.29, 1.82) is 0 Å². The van der Waals surface area contributed by atoms with Gasteiger partial charge in [-0.2, -0.15) is 0 Å². The van der Waals surface area contributed by atoms with E-state index in [1.807, 2.05) is 19.9 Å². The first-order valence-corrected chi connectivity index (χ1v) is 10.7. The highest BCUT2D eigenvalue weighted by Gasteiger charge is 2.35. The number of carbonyl (C=O) groups excluding carboxylic acids is 3. The molecule has 1 fully saturated rings. The number of hydrogen-bond acceptors (Lipinski definition) is 5. The van der Waals surface area contributed by atoms with E-state index in [1.54, 1.807) is 12.1 Å². The Kier molecular flexibility index (Phi) is 8.75. The van der Waals surface area contributed by atoms with Crippen LogP contribution in [0, 0.1) is 5.92 Å². The van der Waals surface area contributed by atoms with E-state index in [4.69, 9.17) is 9.47 Å². The van der Waals surface area contributed by atoms with E-state index < -0.39 is 12.0 Å². The smallest absolute Gasteiger partial charge is 0.308 e. The van der Waals surface area contributed by atoms with Gasteiger partial charge in [-0.05, 0) is 46.5 Å². The summed E-state index contributed by atoms with van der Waals surface area (Å²) in [6, 6.07) is 4.46. The van der Waals surface area contributed by atoms with Crippen molar-refractivity contribution in [3.63, 3.8) is 0 Å². The van der Waals surface area contributed by atoms with Gasteiger partial charge < -0.3 is 19.7 Å². The number of amides is 2. The summed E-state index contributed by atoms with van der Waals surface area (Å²) in [5.74, 6) is -0.270. The third-order valence-electron chi connectivity index (χ3n) is 4.21. The standard InChI is InChI=1S/C19H24Br2N2O5/c1-12(2)5-8-27-18(25)10-15-19(26)22-6-7-23(15)17(24)11-28-16-4-3-13(20)9-14(16)21/h3-4,9,12,15H,5-8,10-11H2,1-2H3,(H,22,26). The number of rotatable bonds is 8. The molecule has 2 rings (SSSR count). The van der Waals surface area contributed by atoms with Crippen molar-refractivity contribution < 1.29 is 23.9 Å². The fourth-order valence-electron chi connectivity index (χ4n) is 2.66. The molecule has 0 saturated carbocycles. The second-order valence-corrected chi connectivity index (χ2v) is 8.63. The summed E-state index contributed by atoms with van der Waals surface area (Å²) < 4.78 is 12.4. The third-order valence-corrected chi connectivity index (χ3v) is 5.33. The molecule has 1 atom stereocenters. The van der Waals surface area contributed by atoms with Gasteiger partial charge in [-0.15, -0.1) is 0 Å². The average Bonchev–Trinajstić information content (AvgIpc) is 2.62. The van der Waals surface area contributed by atoms with Crippen LogP contribution in [0.3, 0.4) is 0 Å². The Morgan fingerprint density at radius 2 is 2.07 bits per heavy atom. The molecule has 1 N–H and O–H groups in total. The number of nitrogens with one attached hydrogen (secondary N) is 1. The molecule has 1 aromatic carbocycles. The molecule has 7 nitrogen and oxygen atoms in total. The quantitative estimate of drug-likeness (QED) is 0.534. The second kappa shape index (κ2) is 10.8. The van der Waals surface area contributed by atoms with E-state index in [9.17, 15) is 14.4 Å². The van der Waals surface area contributed by atoms with Crippen molar-refractivity contribution in [2.24, 2.45) is 5.92 Å². The van der Waals surface area contributed by atoms with Crippen LogP contribution >= 0.6 is 31.9 Å². The van der Waals surface area contributed by atoms with E-state index in [0.717, 1.165) is 10.9 Å². The molecule has 1 heterocycles. The second-order valence-electron chi connectivity index (χ2n) is 6.86. The number of ether oxygens (including phenoxy) is 2. The lowest BCUT2D eigenvalue weighted by Gasteiger charge is -2.34. The minimum atomic E-state index is -0.884. The van der Waals surface area contributed by atoms with E-state index in [1.165, 1.54) is 4.90 Å². The van der Waals surface area contributed by atoms with Gasteiger partial charge >= 0.3 is 5.97 Å². The minimum Gasteiger partial charge on any atom is -0.483 e. The highest BCUT2D eigenvalue weighted by molar-refractivity contribution is 9.11. The molecule has 0 spiro atoms. The van der Waals surface area contributed by atoms with Gasteiger partial charge in [0.1, 0.15) is 11.8 Å². The first-order chi connectivity index (χ1) is 13.3. The molecule has 1 aliphatic heterocycles. The van der Waals surface area contributed by atoms with Crippen LogP contribution in [0.5, 0.6) is 5.75 Å². The minimum absolute atomic E-state index is 0.169. The lowest BCUT2D eigenvalue weighted by molar-refractivity contribution is -0.152. The van der Waals surface area contributed by atoms with Crippen molar-refractivity contribution >= 4 is 49.6 Å². The van der Waals surface area contributed by atoms with Crippen LogP contribution in [-0.4, -0.2) is 55.0 Å². The molecule has 2 amide bonds. The number of carbonyl (C=O) groups is 3.